The number of rotatable bonds is 0. The first-order valence-corrected chi connectivity index (χ1v) is 4.81. The molecule has 2 unspecified atom stereocenters. The van der Waals surface area contributed by atoms with E-state index in [-0.39, 0.29) is 6.10 Å². The van der Waals surface area contributed by atoms with E-state index in [0.29, 0.717) is 5.92 Å². The van der Waals surface area contributed by atoms with Crippen molar-refractivity contribution in [3.63, 3.8) is 0 Å². The number of hydrogen-bond donors (Lipinski definition) is 1. The van der Waals surface area contributed by atoms with Gasteiger partial charge in [-0.3, -0.25) is 0 Å². The Balaban J connectivity index is 2.23. The van der Waals surface area contributed by atoms with Gasteiger partial charge in [-0.1, -0.05) is 27.6 Å². The van der Waals surface area contributed by atoms with Crippen LogP contribution in [0.4, 0.5) is 0 Å². The second-order valence-electron chi connectivity index (χ2n) is 3.26. The smallest absolute Gasteiger partial charge is 0.0611 e. The van der Waals surface area contributed by atoms with Crippen LogP contribution in [0.15, 0.2) is 22.2 Å². The standard InChI is InChI=1S/C9H11BrO/c10-7-2-3-8-6(5-7)1-4-9(8)11/h2,5,8-9,11H,1,3-4H2. The molecular weight excluding hydrogens is 204 g/mol. The Morgan fingerprint density at radius 2 is 2.36 bits per heavy atom. The normalized spacial score (nSPS) is 36.2. The van der Waals surface area contributed by atoms with E-state index in [4.69, 9.17) is 0 Å². The third-order valence-electron chi connectivity index (χ3n) is 2.56. The molecule has 2 heteroatoms. The molecule has 2 rings (SSSR count). The van der Waals surface area contributed by atoms with Crippen molar-refractivity contribution in [3.8, 4) is 0 Å². The summed E-state index contributed by atoms with van der Waals surface area (Å²) in [6.45, 7) is 0. The zero-order valence-electron chi connectivity index (χ0n) is 6.26. The van der Waals surface area contributed by atoms with E-state index in [1.807, 2.05) is 0 Å². The summed E-state index contributed by atoms with van der Waals surface area (Å²) in [7, 11) is 0. The lowest BCUT2D eigenvalue weighted by atomic mass is 9.93. The molecule has 0 saturated heterocycles. The molecule has 1 fully saturated rings. The Hall–Kier alpha value is -0.0800. The van der Waals surface area contributed by atoms with Crippen LogP contribution in [0, 0.1) is 5.92 Å². The maximum absolute atomic E-state index is 9.53. The van der Waals surface area contributed by atoms with E-state index >= 15 is 0 Å². The van der Waals surface area contributed by atoms with Gasteiger partial charge >= 0.3 is 0 Å². The molecule has 0 spiro atoms. The number of aliphatic hydroxyl groups excluding tert-OH is 1. The molecule has 0 heterocycles. The minimum Gasteiger partial charge on any atom is -0.392 e. The van der Waals surface area contributed by atoms with E-state index in [1.165, 1.54) is 10.1 Å². The van der Waals surface area contributed by atoms with Gasteiger partial charge in [0.25, 0.3) is 0 Å². The molecule has 1 saturated carbocycles. The summed E-state index contributed by atoms with van der Waals surface area (Å²) >= 11 is 3.45. The highest BCUT2D eigenvalue weighted by Gasteiger charge is 2.30. The second kappa shape index (κ2) is 2.76. The fourth-order valence-corrected chi connectivity index (χ4v) is 2.39. The molecule has 2 aliphatic carbocycles. The molecule has 0 aliphatic heterocycles. The molecule has 0 radical (unpaired) electrons. The van der Waals surface area contributed by atoms with Gasteiger partial charge in [0.15, 0.2) is 0 Å². The van der Waals surface area contributed by atoms with E-state index in [0.717, 1.165) is 19.3 Å². The summed E-state index contributed by atoms with van der Waals surface area (Å²) in [5, 5.41) is 9.53. The van der Waals surface area contributed by atoms with Crippen molar-refractivity contribution in [3.05, 3.63) is 22.2 Å². The SMILES string of the molecule is OC1CCC2=CC(Br)=CCC21. The topological polar surface area (TPSA) is 20.2 Å². The largest absolute Gasteiger partial charge is 0.392 e. The summed E-state index contributed by atoms with van der Waals surface area (Å²) in [4.78, 5) is 0. The maximum atomic E-state index is 9.53. The minimum atomic E-state index is -0.0851. The van der Waals surface area contributed by atoms with Crippen LogP contribution in [0.5, 0.6) is 0 Å². The molecule has 0 amide bonds. The van der Waals surface area contributed by atoms with Gasteiger partial charge in [0.05, 0.1) is 6.10 Å². The molecule has 2 atom stereocenters. The molecule has 0 aromatic carbocycles. The second-order valence-corrected chi connectivity index (χ2v) is 4.17. The predicted molar refractivity (Wildman–Crippen MR) is 48.4 cm³/mol. The van der Waals surface area contributed by atoms with Crippen LogP contribution in [-0.4, -0.2) is 11.2 Å². The van der Waals surface area contributed by atoms with Gasteiger partial charge in [-0.15, -0.1) is 0 Å². The quantitative estimate of drug-likeness (QED) is 0.657. The van der Waals surface area contributed by atoms with Crippen molar-refractivity contribution in [1.82, 2.24) is 0 Å². The zero-order chi connectivity index (χ0) is 7.84. The average molecular weight is 215 g/mol. The molecule has 2 aliphatic rings. The average Bonchev–Trinajstić information content (AvgIpc) is 2.32. The van der Waals surface area contributed by atoms with Crippen LogP contribution in [-0.2, 0) is 0 Å². The van der Waals surface area contributed by atoms with Crippen molar-refractivity contribution in [2.24, 2.45) is 5.92 Å². The summed E-state index contributed by atoms with van der Waals surface area (Å²) in [6, 6.07) is 0. The number of aliphatic hydroxyl groups is 1. The van der Waals surface area contributed by atoms with Crippen LogP contribution in [0.2, 0.25) is 0 Å². The Morgan fingerprint density at radius 3 is 3.18 bits per heavy atom. The van der Waals surface area contributed by atoms with E-state index in [2.05, 4.69) is 28.1 Å². The first-order chi connectivity index (χ1) is 5.27. The predicted octanol–water partition coefficient (Wildman–Crippen LogP) is 2.37. The lowest BCUT2D eigenvalue weighted by Crippen LogP contribution is -2.14. The summed E-state index contributed by atoms with van der Waals surface area (Å²) in [6.07, 6.45) is 7.25. The highest BCUT2D eigenvalue weighted by Crippen LogP contribution is 2.38. The zero-order valence-corrected chi connectivity index (χ0v) is 7.84. The number of allylic oxidation sites excluding steroid dienone is 3. The van der Waals surface area contributed by atoms with Crippen molar-refractivity contribution in [2.45, 2.75) is 25.4 Å². The van der Waals surface area contributed by atoms with Crippen molar-refractivity contribution < 1.29 is 5.11 Å². The van der Waals surface area contributed by atoms with Gasteiger partial charge in [0.2, 0.25) is 0 Å². The summed E-state index contributed by atoms with van der Waals surface area (Å²) in [5.41, 5.74) is 1.42. The van der Waals surface area contributed by atoms with Crippen LogP contribution in [0.25, 0.3) is 0 Å². The Morgan fingerprint density at radius 1 is 1.55 bits per heavy atom. The molecule has 1 N–H and O–H groups in total. The Labute approximate surface area is 74.9 Å². The highest BCUT2D eigenvalue weighted by molar-refractivity contribution is 9.11. The van der Waals surface area contributed by atoms with Gasteiger partial charge < -0.3 is 5.11 Å². The van der Waals surface area contributed by atoms with Crippen molar-refractivity contribution >= 4 is 15.9 Å². The molecule has 0 bridgehead atoms. The monoisotopic (exact) mass is 214 g/mol. The number of fused-ring (bicyclic) bond motifs is 1. The van der Waals surface area contributed by atoms with Gasteiger partial charge in [0, 0.05) is 10.4 Å². The van der Waals surface area contributed by atoms with E-state index in [9.17, 15) is 5.11 Å². The molecule has 0 aromatic rings. The Kier molecular flexibility index (Phi) is 1.90. The third kappa shape index (κ3) is 1.30. The molecule has 60 valence electrons. The van der Waals surface area contributed by atoms with Gasteiger partial charge in [-0.05, 0) is 25.3 Å². The van der Waals surface area contributed by atoms with Crippen LogP contribution in [0.1, 0.15) is 19.3 Å². The van der Waals surface area contributed by atoms with Gasteiger partial charge in [-0.25, -0.2) is 0 Å². The molecule has 11 heavy (non-hydrogen) atoms. The lowest BCUT2D eigenvalue weighted by Gasteiger charge is -2.17. The van der Waals surface area contributed by atoms with Crippen molar-refractivity contribution in [2.75, 3.05) is 0 Å². The fourth-order valence-electron chi connectivity index (χ4n) is 1.91. The Bertz CT molecular complexity index is 230. The van der Waals surface area contributed by atoms with Crippen LogP contribution < -0.4 is 0 Å². The molecular formula is C9H11BrO. The summed E-state index contributed by atoms with van der Waals surface area (Å²) < 4.78 is 1.18. The van der Waals surface area contributed by atoms with E-state index in [1.54, 1.807) is 0 Å². The van der Waals surface area contributed by atoms with Crippen LogP contribution in [0.3, 0.4) is 0 Å². The van der Waals surface area contributed by atoms with Gasteiger partial charge in [0.1, 0.15) is 0 Å². The lowest BCUT2D eigenvalue weighted by molar-refractivity contribution is 0.142. The third-order valence-corrected chi connectivity index (χ3v) is 3.11. The molecule has 1 nitrogen and oxygen atoms in total. The first kappa shape index (κ1) is 7.56. The van der Waals surface area contributed by atoms with E-state index < -0.39 is 0 Å². The maximum Gasteiger partial charge on any atom is 0.0611 e. The summed E-state index contributed by atoms with van der Waals surface area (Å²) in [5.74, 6) is 0.427. The first-order valence-electron chi connectivity index (χ1n) is 4.01. The number of halogens is 1. The van der Waals surface area contributed by atoms with Gasteiger partial charge in [-0.2, -0.15) is 0 Å². The minimum absolute atomic E-state index is 0.0851. The van der Waals surface area contributed by atoms with Crippen LogP contribution >= 0.6 is 15.9 Å². The fraction of sp³-hybridized carbons (Fsp3) is 0.556. The van der Waals surface area contributed by atoms with Crippen molar-refractivity contribution in [1.29, 1.82) is 0 Å². The number of hydrogen-bond acceptors (Lipinski definition) is 1. The highest BCUT2D eigenvalue weighted by atomic mass is 79.9. The molecule has 0 aromatic heterocycles.